The first-order valence-electron chi connectivity index (χ1n) is 7.01. The molecule has 116 valence electrons. The lowest BCUT2D eigenvalue weighted by molar-refractivity contribution is -0.116. The lowest BCUT2D eigenvalue weighted by atomic mass is 10.2. The largest absolute Gasteiger partial charge is 0.332 e. The fraction of sp³-hybridized carbons (Fsp3) is 0.333. The van der Waals surface area contributed by atoms with Crippen LogP contribution in [0.4, 0.5) is 5.82 Å². The number of anilines is 1. The smallest absolute Gasteiger partial charge is 0.257 e. The van der Waals surface area contributed by atoms with E-state index in [0.717, 1.165) is 11.3 Å². The van der Waals surface area contributed by atoms with Crippen molar-refractivity contribution in [2.24, 2.45) is 0 Å². The van der Waals surface area contributed by atoms with Gasteiger partial charge in [0.25, 0.3) is 5.91 Å². The summed E-state index contributed by atoms with van der Waals surface area (Å²) in [6.45, 7) is 3.79. The van der Waals surface area contributed by atoms with Crippen LogP contribution in [0, 0.1) is 6.92 Å². The summed E-state index contributed by atoms with van der Waals surface area (Å²) in [5.74, 6) is -0.0585. The Hall–Kier alpha value is -2.70. The molecule has 0 aliphatic rings. The summed E-state index contributed by atoms with van der Waals surface area (Å²) in [6.07, 6.45) is 3.78. The number of rotatable bonds is 5. The average molecular weight is 301 g/mol. The first kappa shape index (κ1) is 15.7. The van der Waals surface area contributed by atoms with Crippen LogP contribution in [0.3, 0.4) is 0 Å². The third-order valence-corrected chi connectivity index (χ3v) is 3.21. The zero-order valence-electron chi connectivity index (χ0n) is 12.9. The molecule has 0 radical (unpaired) electrons. The van der Waals surface area contributed by atoms with Crippen LogP contribution in [0.2, 0.25) is 0 Å². The molecule has 0 saturated heterocycles. The van der Waals surface area contributed by atoms with Gasteiger partial charge in [-0.25, -0.2) is 4.98 Å². The molecular formula is C15H19N5O2. The number of hydrogen-bond donors (Lipinski definition) is 2. The van der Waals surface area contributed by atoms with Gasteiger partial charge in [-0.1, -0.05) is 6.92 Å². The maximum absolute atomic E-state index is 12.3. The lowest BCUT2D eigenvalue weighted by Gasteiger charge is -2.16. The molecule has 2 amide bonds. The molecule has 0 fully saturated rings. The van der Waals surface area contributed by atoms with Crippen molar-refractivity contribution in [3.63, 3.8) is 0 Å². The quantitative estimate of drug-likeness (QED) is 0.873. The number of aromatic nitrogens is 3. The molecular weight excluding hydrogens is 282 g/mol. The van der Waals surface area contributed by atoms with E-state index in [9.17, 15) is 9.59 Å². The normalized spacial score (nSPS) is 10.3. The predicted molar refractivity (Wildman–Crippen MR) is 82.5 cm³/mol. The number of hydrogen-bond acceptors (Lipinski definition) is 4. The summed E-state index contributed by atoms with van der Waals surface area (Å²) in [4.78, 5) is 29.7. The van der Waals surface area contributed by atoms with Crippen molar-refractivity contribution >= 4 is 17.6 Å². The fourth-order valence-electron chi connectivity index (χ4n) is 2.05. The highest BCUT2D eigenvalue weighted by Crippen LogP contribution is 2.09. The Balaban J connectivity index is 1.98. The first-order chi connectivity index (χ1) is 10.5. The van der Waals surface area contributed by atoms with Gasteiger partial charge in [0.2, 0.25) is 5.91 Å². The summed E-state index contributed by atoms with van der Waals surface area (Å²) >= 11 is 0. The Morgan fingerprint density at radius 3 is 2.86 bits per heavy atom. The van der Waals surface area contributed by atoms with Gasteiger partial charge in [0.1, 0.15) is 5.82 Å². The molecule has 0 aliphatic heterocycles. The van der Waals surface area contributed by atoms with E-state index in [0.29, 0.717) is 17.8 Å². The Morgan fingerprint density at radius 2 is 2.18 bits per heavy atom. The van der Waals surface area contributed by atoms with Gasteiger partial charge in [-0.3, -0.25) is 14.7 Å². The molecule has 7 heteroatoms. The van der Waals surface area contributed by atoms with Crippen molar-refractivity contribution in [1.29, 1.82) is 0 Å². The number of nitrogens with one attached hydrogen (secondary N) is 2. The highest BCUT2D eigenvalue weighted by atomic mass is 16.2. The van der Waals surface area contributed by atoms with Crippen LogP contribution in [-0.2, 0) is 11.2 Å². The number of pyridine rings is 1. The minimum atomic E-state index is -0.296. The molecule has 0 bridgehead atoms. The molecule has 0 atom stereocenters. The van der Waals surface area contributed by atoms with Gasteiger partial charge in [0.05, 0.1) is 18.3 Å². The lowest BCUT2D eigenvalue weighted by Crippen LogP contribution is -2.35. The van der Waals surface area contributed by atoms with Crippen LogP contribution >= 0.6 is 0 Å². The molecule has 2 rings (SSSR count). The number of aromatic amines is 1. The molecule has 0 unspecified atom stereocenters. The Morgan fingerprint density at radius 1 is 1.41 bits per heavy atom. The maximum Gasteiger partial charge on any atom is 0.257 e. The van der Waals surface area contributed by atoms with Gasteiger partial charge < -0.3 is 10.2 Å². The summed E-state index contributed by atoms with van der Waals surface area (Å²) < 4.78 is 0. The fourth-order valence-corrected chi connectivity index (χ4v) is 2.05. The van der Waals surface area contributed by atoms with Gasteiger partial charge >= 0.3 is 0 Å². The second-order valence-electron chi connectivity index (χ2n) is 5.04. The van der Waals surface area contributed by atoms with E-state index in [2.05, 4.69) is 20.5 Å². The van der Waals surface area contributed by atoms with Gasteiger partial charge in [-0.15, -0.1) is 0 Å². The van der Waals surface area contributed by atoms with E-state index in [1.807, 2.05) is 19.9 Å². The number of amides is 2. The number of nitrogens with zero attached hydrogens (tertiary/aromatic N) is 3. The van der Waals surface area contributed by atoms with Crippen molar-refractivity contribution in [1.82, 2.24) is 20.1 Å². The molecule has 0 aromatic carbocycles. The number of likely N-dealkylation sites (N-methyl/N-ethyl adjacent to an activating group) is 1. The van der Waals surface area contributed by atoms with Crippen LogP contribution in [0.15, 0.2) is 24.5 Å². The zero-order valence-corrected chi connectivity index (χ0v) is 12.9. The SMILES string of the molecule is CCc1[nH]ncc1C(=O)N(C)CC(=O)Nc1cc(C)ccn1. The van der Waals surface area contributed by atoms with Gasteiger partial charge in [-0.05, 0) is 31.0 Å². The Kier molecular flexibility index (Phi) is 4.88. The molecule has 2 heterocycles. The van der Waals surface area contributed by atoms with E-state index in [-0.39, 0.29) is 18.4 Å². The third kappa shape index (κ3) is 3.69. The van der Waals surface area contributed by atoms with Crippen LogP contribution in [0.5, 0.6) is 0 Å². The molecule has 2 aromatic heterocycles. The molecule has 0 saturated carbocycles. The predicted octanol–water partition coefficient (Wildman–Crippen LogP) is 1.39. The van der Waals surface area contributed by atoms with Crippen LogP contribution < -0.4 is 5.32 Å². The summed E-state index contributed by atoms with van der Waals surface area (Å²) in [5.41, 5.74) is 2.25. The average Bonchev–Trinajstić information content (AvgIpc) is 2.94. The molecule has 22 heavy (non-hydrogen) atoms. The monoisotopic (exact) mass is 301 g/mol. The summed E-state index contributed by atoms with van der Waals surface area (Å²) in [6, 6.07) is 3.61. The van der Waals surface area contributed by atoms with Crippen LogP contribution in [-0.4, -0.2) is 45.5 Å². The number of carbonyl (C=O) groups excluding carboxylic acids is 2. The van der Waals surface area contributed by atoms with E-state index < -0.39 is 0 Å². The standard InChI is InChI=1S/C15H19N5O2/c1-4-12-11(8-17-19-12)15(22)20(3)9-14(21)18-13-7-10(2)5-6-16-13/h5-8H,4,9H2,1-3H3,(H,17,19)(H,16,18,21). The number of carbonyl (C=O) groups is 2. The van der Waals surface area contributed by atoms with Crippen LogP contribution in [0.1, 0.15) is 28.5 Å². The van der Waals surface area contributed by atoms with Crippen LogP contribution in [0.25, 0.3) is 0 Å². The van der Waals surface area contributed by atoms with E-state index in [1.165, 1.54) is 11.1 Å². The maximum atomic E-state index is 12.3. The molecule has 2 aromatic rings. The summed E-state index contributed by atoms with van der Waals surface area (Å²) in [5, 5.41) is 9.33. The van der Waals surface area contributed by atoms with E-state index >= 15 is 0 Å². The Labute approximate surface area is 128 Å². The van der Waals surface area contributed by atoms with Crippen molar-refractivity contribution in [2.45, 2.75) is 20.3 Å². The second-order valence-corrected chi connectivity index (χ2v) is 5.04. The second kappa shape index (κ2) is 6.84. The van der Waals surface area contributed by atoms with Crippen molar-refractivity contribution in [3.05, 3.63) is 41.3 Å². The molecule has 0 spiro atoms. The minimum absolute atomic E-state index is 0.0528. The van der Waals surface area contributed by atoms with Crippen molar-refractivity contribution in [2.75, 3.05) is 18.9 Å². The molecule has 7 nitrogen and oxygen atoms in total. The van der Waals surface area contributed by atoms with Crippen molar-refractivity contribution < 1.29 is 9.59 Å². The van der Waals surface area contributed by atoms with Gasteiger partial charge in [0.15, 0.2) is 0 Å². The van der Waals surface area contributed by atoms with Gasteiger partial charge in [0, 0.05) is 18.9 Å². The summed E-state index contributed by atoms with van der Waals surface area (Å²) in [7, 11) is 1.58. The molecule has 2 N–H and O–H groups in total. The molecule has 0 aliphatic carbocycles. The first-order valence-corrected chi connectivity index (χ1v) is 7.01. The van der Waals surface area contributed by atoms with E-state index in [1.54, 1.807) is 19.3 Å². The van der Waals surface area contributed by atoms with E-state index in [4.69, 9.17) is 0 Å². The van der Waals surface area contributed by atoms with Crippen molar-refractivity contribution in [3.8, 4) is 0 Å². The van der Waals surface area contributed by atoms with Gasteiger partial charge in [-0.2, -0.15) is 5.10 Å². The third-order valence-electron chi connectivity index (χ3n) is 3.21. The topological polar surface area (TPSA) is 91.0 Å². The highest BCUT2D eigenvalue weighted by Gasteiger charge is 2.19. The zero-order chi connectivity index (χ0) is 16.1. The Bertz CT molecular complexity index is 680. The number of aryl methyl sites for hydroxylation is 2. The highest BCUT2D eigenvalue weighted by molar-refractivity contribution is 5.99. The number of H-pyrrole nitrogens is 1. The minimum Gasteiger partial charge on any atom is -0.332 e.